The highest BCUT2D eigenvalue weighted by molar-refractivity contribution is 7.25. The maximum atomic E-state index is 5.28. The molecule has 0 aliphatic rings. The van der Waals surface area contributed by atoms with Crippen LogP contribution in [0.3, 0.4) is 0 Å². The maximum absolute atomic E-state index is 5.28. The summed E-state index contributed by atoms with van der Waals surface area (Å²) in [6.45, 7) is 0. The van der Waals surface area contributed by atoms with Gasteiger partial charge in [-0.15, -0.1) is 11.3 Å². The summed E-state index contributed by atoms with van der Waals surface area (Å²) in [6, 6.07) is 45.7. The lowest BCUT2D eigenvalue weighted by atomic mass is 10.1. The fourth-order valence-electron chi connectivity index (χ4n) is 6.23. The van der Waals surface area contributed by atoms with Crippen molar-refractivity contribution in [2.24, 2.45) is 0 Å². The van der Waals surface area contributed by atoms with E-state index in [0.29, 0.717) is 0 Å². The molecule has 9 aromatic rings. The van der Waals surface area contributed by atoms with Gasteiger partial charge in [-0.25, -0.2) is 4.98 Å². The van der Waals surface area contributed by atoms with Gasteiger partial charge in [0.25, 0.3) is 0 Å². The minimum absolute atomic E-state index is 1.05. The quantitative estimate of drug-likeness (QED) is 0.225. The lowest BCUT2D eigenvalue weighted by molar-refractivity contribution is 1.16. The van der Waals surface area contributed by atoms with Crippen molar-refractivity contribution < 1.29 is 0 Å². The molecule has 39 heavy (non-hydrogen) atoms. The SMILES string of the molecule is c1ccc(-n2c3ccccc3c3cc(-n4c5ccccc5c5nc6c(cc54)sc4ccccc46)ccc32)cc1. The van der Waals surface area contributed by atoms with Crippen LogP contribution in [0.25, 0.3) is 75.4 Å². The number of benzene rings is 5. The van der Waals surface area contributed by atoms with Crippen molar-refractivity contribution in [1.29, 1.82) is 0 Å². The lowest BCUT2D eigenvalue weighted by Gasteiger charge is -2.10. The molecule has 0 unspecified atom stereocenters. The van der Waals surface area contributed by atoms with Crippen LogP contribution in [0.1, 0.15) is 0 Å². The minimum Gasteiger partial charge on any atom is -0.309 e. The zero-order chi connectivity index (χ0) is 25.5. The van der Waals surface area contributed by atoms with Crippen molar-refractivity contribution in [3.63, 3.8) is 0 Å². The van der Waals surface area contributed by atoms with Gasteiger partial charge in [0.05, 0.1) is 37.8 Å². The maximum Gasteiger partial charge on any atom is 0.0972 e. The van der Waals surface area contributed by atoms with Crippen LogP contribution in [0.4, 0.5) is 0 Å². The van der Waals surface area contributed by atoms with Gasteiger partial charge in [-0.3, -0.25) is 0 Å². The molecule has 0 fully saturated rings. The number of hydrogen-bond acceptors (Lipinski definition) is 2. The zero-order valence-electron chi connectivity index (χ0n) is 20.9. The molecule has 182 valence electrons. The summed E-state index contributed by atoms with van der Waals surface area (Å²) in [6.07, 6.45) is 0. The summed E-state index contributed by atoms with van der Waals surface area (Å²) >= 11 is 1.82. The van der Waals surface area contributed by atoms with E-state index in [-0.39, 0.29) is 0 Å². The van der Waals surface area contributed by atoms with E-state index in [1.54, 1.807) is 0 Å². The second kappa shape index (κ2) is 7.79. The number of para-hydroxylation sites is 3. The average molecular weight is 516 g/mol. The third-order valence-corrected chi connectivity index (χ3v) is 9.01. The molecule has 9 rings (SSSR count). The van der Waals surface area contributed by atoms with Gasteiger partial charge in [-0.2, -0.15) is 0 Å². The van der Waals surface area contributed by atoms with Crippen LogP contribution in [0.5, 0.6) is 0 Å². The highest BCUT2D eigenvalue weighted by atomic mass is 32.1. The van der Waals surface area contributed by atoms with Gasteiger partial charge in [0.15, 0.2) is 0 Å². The number of hydrogen-bond donors (Lipinski definition) is 0. The highest BCUT2D eigenvalue weighted by Crippen LogP contribution is 2.40. The van der Waals surface area contributed by atoms with E-state index < -0.39 is 0 Å². The molecule has 0 spiro atoms. The van der Waals surface area contributed by atoms with Crippen molar-refractivity contribution in [3.05, 3.63) is 127 Å². The predicted molar refractivity (Wildman–Crippen MR) is 166 cm³/mol. The molecule has 4 aromatic heterocycles. The zero-order valence-corrected chi connectivity index (χ0v) is 21.7. The fraction of sp³-hybridized carbons (Fsp3) is 0. The molecule has 0 bridgehead atoms. The van der Waals surface area contributed by atoms with Crippen LogP contribution in [0, 0.1) is 0 Å². The first-order valence-electron chi connectivity index (χ1n) is 13.2. The number of nitrogens with zero attached hydrogens (tertiary/aromatic N) is 3. The molecule has 0 amide bonds. The summed E-state index contributed by atoms with van der Waals surface area (Å²) in [4.78, 5) is 5.28. The van der Waals surface area contributed by atoms with E-state index >= 15 is 0 Å². The first-order valence-corrected chi connectivity index (χ1v) is 14.0. The van der Waals surface area contributed by atoms with E-state index in [2.05, 4.69) is 137 Å². The van der Waals surface area contributed by atoms with Gasteiger partial charge in [0.1, 0.15) is 0 Å². The third-order valence-electron chi connectivity index (χ3n) is 7.90. The Morgan fingerprint density at radius 2 is 1.05 bits per heavy atom. The van der Waals surface area contributed by atoms with E-state index in [4.69, 9.17) is 4.98 Å². The van der Waals surface area contributed by atoms with E-state index in [0.717, 1.165) is 22.2 Å². The van der Waals surface area contributed by atoms with Crippen molar-refractivity contribution >= 4 is 75.4 Å². The number of fused-ring (bicyclic) bond motifs is 9. The molecule has 0 aliphatic heterocycles. The molecule has 0 atom stereocenters. The van der Waals surface area contributed by atoms with Gasteiger partial charge in [-0.05, 0) is 54.6 Å². The molecular formula is C35H21N3S. The van der Waals surface area contributed by atoms with Gasteiger partial charge in [-0.1, -0.05) is 72.8 Å². The normalized spacial score (nSPS) is 12.1. The van der Waals surface area contributed by atoms with Crippen LogP contribution in [-0.2, 0) is 0 Å². The highest BCUT2D eigenvalue weighted by Gasteiger charge is 2.18. The summed E-state index contributed by atoms with van der Waals surface area (Å²) < 4.78 is 7.24. The standard InChI is InChI=1S/C35H21N3S/c1-2-10-22(11-3-1)37-28-15-7-4-12-24(28)27-20-23(18-19-30(27)37)38-29-16-8-5-13-25(29)34-31(38)21-33-35(36-34)26-14-6-9-17-32(26)39-33/h1-21H. The Balaban J connectivity index is 1.39. The van der Waals surface area contributed by atoms with Crippen molar-refractivity contribution in [2.45, 2.75) is 0 Å². The number of pyridine rings is 1. The van der Waals surface area contributed by atoms with E-state index in [1.807, 2.05) is 11.3 Å². The topological polar surface area (TPSA) is 22.8 Å². The smallest absolute Gasteiger partial charge is 0.0972 e. The lowest BCUT2D eigenvalue weighted by Crippen LogP contribution is -1.95. The Labute approximate surface area is 227 Å². The molecule has 0 radical (unpaired) electrons. The fourth-order valence-corrected chi connectivity index (χ4v) is 7.31. The second-order valence-electron chi connectivity index (χ2n) is 10.0. The van der Waals surface area contributed by atoms with Crippen LogP contribution >= 0.6 is 11.3 Å². The third kappa shape index (κ3) is 2.89. The van der Waals surface area contributed by atoms with Crippen LogP contribution < -0.4 is 0 Å². The summed E-state index contributed by atoms with van der Waals surface area (Å²) in [5, 5.41) is 4.90. The minimum atomic E-state index is 1.05. The Morgan fingerprint density at radius 1 is 0.410 bits per heavy atom. The van der Waals surface area contributed by atoms with Gasteiger partial charge in [0, 0.05) is 37.6 Å². The molecule has 4 heteroatoms. The predicted octanol–water partition coefficient (Wildman–Crippen LogP) is 9.64. The molecule has 0 N–H and O–H groups in total. The van der Waals surface area contributed by atoms with E-state index in [9.17, 15) is 0 Å². The summed E-state index contributed by atoms with van der Waals surface area (Å²) in [7, 11) is 0. The number of thiophene rings is 1. The molecule has 3 nitrogen and oxygen atoms in total. The van der Waals surface area contributed by atoms with Crippen LogP contribution in [-0.4, -0.2) is 14.1 Å². The van der Waals surface area contributed by atoms with E-state index in [1.165, 1.54) is 53.2 Å². The first kappa shape index (κ1) is 21.1. The van der Waals surface area contributed by atoms with Crippen molar-refractivity contribution in [2.75, 3.05) is 0 Å². The summed E-state index contributed by atoms with van der Waals surface area (Å²) in [5.41, 5.74) is 9.19. The monoisotopic (exact) mass is 515 g/mol. The van der Waals surface area contributed by atoms with Crippen molar-refractivity contribution in [3.8, 4) is 11.4 Å². The van der Waals surface area contributed by atoms with Gasteiger partial charge >= 0.3 is 0 Å². The Bertz CT molecular complexity index is 2390. The molecule has 0 aliphatic carbocycles. The Kier molecular flexibility index (Phi) is 4.21. The number of rotatable bonds is 2. The summed E-state index contributed by atoms with van der Waals surface area (Å²) in [5.74, 6) is 0. The van der Waals surface area contributed by atoms with Crippen LogP contribution in [0.2, 0.25) is 0 Å². The first-order chi connectivity index (χ1) is 19.3. The molecular weight excluding hydrogens is 494 g/mol. The Hall–Kier alpha value is -4.93. The molecule has 5 aromatic carbocycles. The molecule has 0 saturated heterocycles. The van der Waals surface area contributed by atoms with Gasteiger partial charge < -0.3 is 9.13 Å². The van der Waals surface area contributed by atoms with Crippen LogP contribution in [0.15, 0.2) is 127 Å². The Morgan fingerprint density at radius 3 is 1.90 bits per heavy atom. The second-order valence-corrected chi connectivity index (χ2v) is 11.1. The number of aromatic nitrogens is 3. The van der Waals surface area contributed by atoms with Crippen molar-refractivity contribution in [1.82, 2.24) is 14.1 Å². The molecule has 4 heterocycles. The van der Waals surface area contributed by atoms with Gasteiger partial charge in [0.2, 0.25) is 0 Å². The largest absolute Gasteiger partial charge is 0.309 e. The molecule has 0 saturated carbocycles. The average Bonchev–Trinajstić information content (AvgIpc) is 3.63.